The van der Waals surface area contributed by atoms with Crippen molar-refractivity contribution in [2.45, 2.75) is 37.1 Å². The third-order valence-corrected chi connectivity index (χ3v) is 4.97. The first-order valence-corrected chi connectivity index (χ1v) is 9.10. The highest BCUT2D eigenvalue weighted by atomic mass is 32.2. The van der Waals surface area contributed by atoms with Crippen LogP contribution in [0.2, 0.25) is 0 Å². The number of nitrogens with zero attached hydrogens (tertiary/aromatic N) is 1. The van der Waals surface area contributed by atoms with Crippen LogP contribution in [-0.2, 0) is 10.0 Å². The maximum absolute atomic E-state index is 11.2. The summed E-state index contributed by atoms with van der Waals surface area (Å²) in [6, 6.07) is 6.96. The molecule has 1 aliphatic heterocycles. The number of hydrogen-bond acceptors (Lipinski definition) is 4. The van der Waals surface area contributed by atoms with Gasteiger partial charge in [0.15, 0.2) is 0 Å². The predicted octanol–water partition coefficient (Wildman–Crippen LogP) is 1.47. The van der Waals surface area contributed by atoms with E-state index in [-0.39, 0.29) is 10.9 Å². The van der Waals surface area contributed by atoms with Crippen LogP contribution in [0.25, 0.3) is 0 Å². The lowest BCUT2D eigenvalue weighted by Gasteiger charge is -2.27. The number of nitrogens with two attached hydrogens (primary N) is 1. The Hall–Kier alpha value is -0.950. The molecule has 0 spiro atoms. The molecule has 6 heteroatoms. The van der Waals surface area contributed by atoms with Gasteiger partial charge in [-0.2, -0.15) is 0 Å². The van der Waals surface area contributed by atoms with Crippen molar-refractivity contribution in [2.75, 3.05) is 26.2 Å². The molecule has 118 valence electrons. The summed E-state index contributed by atoms with van der Waals surface area (Å²) in [5.41, 5.74) is 1.07. The third-order valence-electron chi connectivity index (χ3n) is 4.04. The van der Waals surface area contributed by atoms with E-state index in [0.717, 1.165) is 18.7 Å². The van der Waals surface area contributed by atoms with Gasteiger partial charge in [-0.3, -0.25) is 0 Å². The topological polar surface area (TPSA) is 75.4 Å². The van der Waals surface area contributed by atoms with E-state index in [1.54, 1.807) is 12.1 Å². The van der Waals surface area contributed by atoms with Gasteiger partial charge in [0.05, 0.1) is 4.90 Å². The average molecular weight is 311 g/mol. The maximum Gasteiger partial charge on any atom is 0.238 e. The number of piperidine rings is 1. The number of nitrogens with one attached hydrogen (secondary N) is 1. The second-order valence-electron chi connectivity index (χ2n) is 5.69. The second kappa shape index (κ2) is 7.35. The fraction of sp³-hybridized carbons (Fsp3) is 0.600. The molecular formula is C15H25N3O2S. The molecule has 0 bridgehead atoms. The molecule has 1 heterocycles. The van der Waals surface area contributed by atoms with Gasteiger partial charge in [-0.25, -0.2) is 13.6 Å². The maximum atomic E-state index is 11.2. The molecule has 0 aromatic heterocycles. The summed E-state index contributed by atoms with van der Waals surface area (Å²) in [6.45, 7) is 6.51. The zero-order valence-corrected chi connectivity index (χ0v) is 13.4. The fourth-order valence-electron chi connectivity index (χ4n) is 2.69. The standard InChI is InChI=1S/C15H25N3O2S/c1-13(17-9-12-18-10-3-2-4-11-18)14-5-7-15(8-6-14)21(16,19)20/h5-8,13,17H,2-4,9-12H2,1H3,(H2,16,19,20). The van der Waals surface area contributed by atoms with Crippen molar-refractivity contribution >= 4 is 10.0 Å². The summed E-state index contributed by atoms with van der Waals surface area (Å²) in [7, 11) is -3.60. The molecular weight excluding hydrogens is 286 g/mol. The van der Waals surface area contributed by atoms with Gasteiger partial charge in [0, 0.05) is 19.1 Å². The summed E-state index contributed by atoms with van der Waals surface area (Å²) in [6.07, 6.45) is 3.98. The molecule has 1 fully saturated rings. The zero-order valence-electron chi connectivity index (χ0n) is 12.6. The lowest BCUT2D eigenvalue weighted by molar-refractivity contribution is 0.227. The van der Waals surface area contributed by atoms with Crippen LogP contribution in [0.5, 0.6) is 0 Å². The van der Waals surface area contributed by atoms with Gasteiger partial charge in [0.25, 0.3) is 0 Å². The summed E-state index contributed by atoms with van der Waals surface area (Å²) in [4.78, 5) is 2.65. The molecule has 0 amide bonds. The Morgan fingerprint density at radius 2 is 1.81 bits per heavy atom. The van der Waals surface area contributed by atoms with Gasteiger partial charge < -0.3 is 10.2 Å². The van der Waals surface area contributed by atoms with Crippen molar-refractivity contribution in [1.82, 2.24) is 10.2 Å². The van der Waals surface area contributed by atoms with Gasteiger partial charge in [-0.05, 0) is 50.6 Å². The highest BCUT2D eigenvalue weighted by molar-refractivity contribution is 7.89. The van der Waals surface area contributed by atoms with E-state index in [1.165, 1.54) is 32.4 Å². The molecule has 1 aromatic carbocycles. The summed E-state index contributed by atoms with van der Waals surface area (Å²) in [5.74, 6) is 0. The zero-order chi connectivity index (χ0) is 15.3. The van der Waals surface area contributed by atoms with Crippen LogP contribution in [-0.4, -0.2) is 39.5 Å². The smallest absolute Gasteiger partial charge is 0.238 e. The molecule has 1 atom stereocenters. The minimum absolute atomic E-state index is 0.159. The fourth-order valence-corrected chi connectivity index (χ4v) is 3.20. The van der Waals surface area contributed by atoms with Gasteiger partial charge in [-0.1, -0.05) is 18.6 Å². The van der Waals surface area contributed by atoms with Crippen LogP contribution in [0.3, 0.4) is 0 Å². The lowest BCUT2D eigenvalue weighted by atomic mass is 10.1. The highest BCUT2D eigenvalue weighted by Crippen LogP contribution is 2.15. The molecule has 1 saturated heterocycles. The first kappa shape index (κ1) is 16.4. The average Bonchev–Trinajstić information content (AvgIpc) is 2.47. The van der Waals surface area contributed by atoms with Crippen molar-refractivity contribution < 1.29 is 8.42 Å². The minimum atomic E-state index is -3.60. The first-order valence-electron chi connectivity index (χ1n) is 7.55. The van der Waals surface area contributed by atoms with Gasteiger partial charge in [-0.15, -0.1) is 0 Å². The molecule has 21 heavy (non-hydrogen) atoms. The van der Waals surface area contributed by atoms with E-state index in [2.05, 4.69) is 17.1 Å². The first-order chi connectivity index (χ1) is 9.97. The Balaban J connectivity index is 1.81. The monoisotopic (exact) mass is 311 g/mol. The molecule has 0 aliphatic carbocycles. The van der Waals surface area contributed by atoms with Gasteiger partial charge >= 0.3 is 0 Å². The number of primary sulfonamides is 1. The predicted molar refractivity (Wildman–Crippen MR) is 84.5 cm³/mol. The van der Waals surface area contributed by atoms with E-state index < -0.39 is 10.0 Å². The highest BCUT2D eigenvalue weighted by Gasteiger charge is 2.12. The quantitative estimate of drug-likeness (QED) is 0.834. The largest absolute Gasteiger partial charge is 0.309 e. The van der Waals surface area contributed by atoms with Crippen LogP contribution in [0, 0.1) is 0 Å². The van der Waals surface area contributed by atoms with Crippen LogP contribution >= 0.6 is 0 Å². The number of likely N-dealkylation sites (tertiary alicyclic amines) is 1. The SMILES string of the molecule is CC(NCCN1CCCCC1)c1ccc(S(N)(=O)=O)cc1. The van der Waals surface area contributed by atoms with Crippen LogP contribution in [0.15, 0.2) is 29.2 Å². The summed E-state index contributed by atoms with van der Waals surface area (Å²) < 4.78 is 22.4. The van der Waals surface area contributed by atoms with E-state index in [1.807, 2.05) is 12.1 Å². The molecule has 5 nitrogen and oxygen atoms in total. The summed E-state index contributed by atoms with van der Waals surface area (Å²) in [5, 5.41) is 8.58. The van der Waals surface area contributed by atoms with Crippen LogP contribution < -0.4 is 10.5 Å². The Bertz CT molecular complexity index is 537. The molecule has 1 aliphatic rings. The lowest BCUT2D eigenvalue weighted by Crippen LogP contribution is -2.36. The molecule has 2 rings (SSSR count). The number of benzene rings is 1. The van der Waals surface area contributed by atoms with Crippen molar-refractivity contribution in [2.24, 2.45) is 5.14 Å². The van der Waals surface area contributed by atoms with Crippen molar-refractivity contribution in [3.63, 3.8) is 0 Å². The van der Waals surface area contributed by atoms with Crippen molar-refractivity contribution in [3.8, 4) is 0 Å². The minimum Gasteiger partial charge on any atom is -0.309 e. The van der Waals surface area contributed by atoms with Crippen LogP contribution in [0.1, 0.15) is 37.8 Å². The summed E-state index contributed by atoms with van der Waals surface area (Å²) >= 11 is 0. The van der Waals surface area contributed by atoms with Gasteiger partial charge in [0.1, 0.15) is 0 Å². The van der Waals surface area contributed by atoms with Gasteiger partial charge in [0.2, 0.25) is 10.0 Å². The normalized spacial score (nSPS) is 18.6. The van der Waals surface area contributed by atoms with E-state index >= 15 is 0 Å². The third kappa shape index (κ3) is 5.07. The van der Waals surface area contributed by atoms with E-state index in [4.69, 9.17) is 5.14 Å². The number of hydrogen-bond donors (Lipinski definition) is 2. The Kier molecular flexibility index (Phi) is 5.75. The molecule has 0 saturated carbocycles. The van der Waals surface area contributed by atoms with Crippen molar-refractivity contribution in [3.05, 3.63) is 29.8 Å². The molecule has 1 aromatic rings. The van der Waals surface area contributed by atoms with E-state index in [9.17, 15) is 8.42 Å². The Labute approximate surface area is 127 Å². The molecule has 0 radical (unpaired) electrons. The van der Waals surface area contributed by atoms with Crippen LogP contribution in [0.4, 0.5) is 0 Å². The second-order valence-corrected chi connectivity index (χ2v) is 7.25. The molecule has 1 unspecified atom stereocenters. The van der Waals surface area contributed by atoms with Crippen molar-refractivity contribution in [1.29, 1.82) is 0 Å². The number of rotatable bonds is 6. The number of sulfonamides is 1. The Morgan fingerprint density at radius 3 is 2.38 bits per heavy atom. The molecule has 3 N–H and O–H groups in total. The van der Waals surface area contributed by atoms with E-state index in [0.29, 0.717) is 0 Å². The Morgan fingerprint density at radius 1 is 1.19 bits per heavy atom.